The van der Waals surface area contributed by atoms with Crippen molar-refractivity contribution in [2.24, 2.45) is 11.3 Å². The number of aromatic nitrogens is 3. The molecule has 5 aromatic rings. The molecule has 6 rings (SSSR count). The van der Waals surface area contributed by atoms with E-state index >= 15 is 4.39 Å². The van der Waals surface area contributed by atoms with Crippen molar-refractivity contribution in [3.8, 4) is 29.0 Å². The first-order valence-electron chi connectivity index (χ1n) is 15.1. The number of nitrogens with zero attached hydrogens (tertiary/aromatic N) is 5. The molecule has 0 saturated carbocycles. The zero-order valence-corrected chi connectivity index (χ0v) is 28.1. The maximum Gasteiger partial charge on any atom is 0.319 e. The molecule has 0 amide bonds. The van der Waals surface area contributed by atoms with Gasteiger partial charge in [0.25, 0.3) is 0 Å². The lowest BCUT2D eigenvalue weighted by molar-refractivity contribution is -0.0679. The first kappa shape index (κ1) is 34.2. The molecule has 10 nitrogen and oxygen atoms in total. The fourth-order valence-electron chi connectivity index (χ4n) is 6.59. The number of alkyl halides is 2. The number of rotatable bonds is 8. The number of phenols is 1. The minimum Gasteiger partial charge on any atom is -0.506 e. The number of nitrogen functional groups attached to an aromatic ring is 2. The first-order chi connectivity index (χ1) is 23.2. The number of anilines is 3. The Kier molecular flexibility index (Phi) is 9.08. The number of phenolic OH excluding ortho intramolecular Hbond substituents is 1. The monoisotopic (exact) mass is 714 g/mol. The Morgan fingerprint density at radius 1 is 1.24 bits per heavy atom. The van der Waals surface area contributed by atoms with Crippen LogP contribution in [-0.4, -0.2) is 58.1 Å². The minimum absolute atomic E-state index is 0.00201. The topological polar surface area (TPSA) is 159 Å². The van der Waals surface area contributed by atoms with Crippen LogP contribution < -0.4 is 21.5 Å². The fraction of sp³-hybridized carbons (Fsp3) is 0.333. The Hall–Kier alpha value is -4.65. The molecular formula is C33H31ClF4N8O2S. The van der Waals surface area contributed by atoms with Gasteiger partial charge in [0.15, 0.2) is 5.82 Å². The van der Waals surface area contributed by atoms with Crippen molar-refractivity contribution in [3.63, 3.8) is 0 Å². The van der Waals surface area contributed by atoms with Crippen molar-refractivity contribution >= 4 is 60.6 Å². The summed E-state index contributed by atoms with van der Waals surface area (Å²) in [7, 11) is 1.83. The Balaban J connectivity index is 1.55. The van der Waals surface area contributed by atoms with Gasteiger partial charge in [-0.3, -0.25) is 0 Å². The number of likely N-dealkylation sites (tertiary alicyclic amines) is 1. The minimum atomic E-state index is -2.60. The van der Waals surface area contributed by atoms with Crippen molar-refractivity contribution in [2.75, 3.05) is 43.5 Å². The second kappa shape index (κ2) is 13.0. The summed E-state index contributed by atoms with van der Waals surface area (Å²) in [6, 6.07) is 6.67. The third-order valence-electron chi connectivity index (χ3n) is 9.05. The largest absolute Gasteiger partial charge is 0.506 e. The van der Waals surface area contributed by atoms with Gasteiger partial charge in [0.1, 0.15) is 39.8 Å². The Labute approximate surface area is 287 Å². The highest BCUT2D eigenvalue weighted by Crippen LogP contribution is 2.49. The zero-order chi connectivity index (χ0) is 35.4. The van der Waals surface area contributed by atoms with E-state index in [0.717, 1.165) is 17.4 Å². The number of fused-ring (bicyclic) bond motifs is 2. The number of benzene rings is 2. The molecule has 0 spiro atoms. The van der Waals surface area contributed by atoms with Crippen LogP contribution in [0.4, 0.5) is 34.2 Å². The van der Waals surface area contributed by atoms with Gasteiger partial charge in [0.05, 0.1) is 33.3 Å². The van der Waals surface area contributed by atoms with Crippen LogP contribution in [0.2, 0.25) is 5.02 Å². The predicted octanol–water partition coefficient (Wildman–Crippen LogP) is 7.35. The molecule has 3 aromatic heterocycles. The van der Waals surface area contributed by atoms with E-state index in [-0.39, 0.29) is 67.8 Å². The molecule has 49 heavy (non-hydrogen) atoms. The molecule has 0 bridgehead atoms. The zero-order valence-electron chi connectivity index (χ0n) is 26.5. The van der Waals surface area contributed by atoms with Crippen molar-refractivity contribution in [2.45, 2.75) is 32.7 Å². The van der Waals surface area contributed by atoms with Gasteiger partial charge in [-0.25, -0.2) is 22.5 Å². The predicted molar refractivity (Wildman–Crippen MR) is 182 cm³/mol. The summed E-state index contributed by atoms with van der Waals surface area (Å²) in [6.45, 7) is 4.00. The van der Waals surface area contributed by atoms with Gasteiger partial charge >= 0.3 is 6.01 Å². The van der Waals surface area contributed by atoms with Crippen LogP contribution in [0.5, 0.6) is 11.8 Å². The number of thiophene rings is 1. The first-order valence-corrected chi connectivity index (χ1v) is 16.3. The SMILES string of the molecule is C[C@@H](Nc1nc(OC[C@]2(C)CN(C)CC[C@@H]2C(F)F)nc2c(F)c(-c3ccc(F)c4sc(N)c(C#N)c34)c(Cl)c(O)c12)c1cccnc1N. The van der Waals surface area contributed by atoms with Crippen molar-refractivity contribution < 1.29 is 27.4 Å². The highest BCUT2D eigenvalue weighted by Gasteiger charge is 2.44. The normalized spacial score (nSPS) is 19.0. The van der Waals surface area contributed by atoms with Gasteiger partial charge in [0, 0.05) is 40.6 Å². The third kappa shape index (κ3) is 5.98. The molecule has 1 saturated heterocycles. The van der Waals surface area contributed by atoms with Crippen molar-refractivity contribution in [3.05, 3.63) is 58.2 Å². The molecule has 1 fully saturated rings. The number of ether oxygens (including phenoxy) is 1. The molecule has 0 aliphatic carbocycles. The molecule has 0 radical (unpaired) electrons. The number of aromatic hydroxyl groups is 1. The van der Waals surface area contributed by atoms with Gasteiger partial charge in [-0.05, 0) is 44.6 Å². The lowest BCUT2D eigenvalue weighted by Gasteiger charge is -2.44. The summed E-state index contributed by atoms with van der Waals surface area (Å²) in [6.07, 6.45) is -0.835. The molecule has 3 atom stereocenters. The van der Waals surface area contributed by atoms with Gasteiger partial charge < -0.3 is 31.5 Å². The molecule has 256 valence electrons. The number of nitriles is 1. The van der Waals surface area contributed by atoms with Crippen LogP contribution in [0, 0.1) is 34.3 Å². The summed E-state index contributed by atoms with van der Waals surface area (Å²) in [5.74, 6) is -3.21. The Morgan fingerprint density at radius 2 is 2.00 bits per heavy atom. The van der Waals surface area contributed by atoms with E-state index in [0.29, 0.717) is 18.7 Å². The molecule has 2 aromatic carbocycles. The smallest absolute Gasteiger partial charge is 0.319 e. The average molecular weight is 715 g/mol. The Morgan fingerprint density at radius 3 is 2.69 bits per heavy atom. The van der Waals surface area contributed by atoms with Crippen molar-refractivity contribution in [1.29, 1.82) is 5.26 Å². The van der Waals surface area contributed by atoms with E-state index in [1.807, 2.05) is 18.0 Å². The number of nitrogens with one attached hydrogen (secondary N) is 1. The molecular weight excluding hydrogens is 684 g/mol. The van der Waals surface area contributed by atoms with E-state index in [9.17, 15) is 23.5 Å². The number of nitrogens with two attached hydrogens (primary N) is 2. The number of halogens is 5. The summed E-state index contributed by atoms with van der Waals surface area (Å²) in [5, 5.41) is 23.8. The number of hydrogen-bond acceptors (Lipinski definition) is 11. The van der Waals surface area contributed by atoms with Gasteiger partial charge in [-0.2, -0.15) is 15.2 Å². The molecule has 6 N–H and O–H groups in total. The highest BCUT2D eigenvalue weighted by atomic mass is 35.5. The Bertz CT molecular complexity index is 2140. The summed E-state index contributed by atoms with van der Waals surface area (Å²) in [4.78, 5) is 14.8. The van der Waals surface area contributed by atoms with Crippen molar-refractivity contribution in [1.82, 2.24) is 19.9 Å². The lowest BCUT2D eigenvalue weighted by Crippen LogP contribution is -2.51. The molecule has 1 aliphatic rings. The second-order valence-electron chi connectivity index (χ2n) is 12.4. The van der Waals surface area contributed by atoms with E-state index in [1.54, 1.807) is 26.0 Å². The molecule has 16 heteroatoms. The molecule has 1 aliphatic heterocycles. The standard InChI is InChI=1S/C33H31ClF4N8O2S/c1-14(15-5-4-9-42-29(15)40)43-31-22-25(44-32(45-31)48-13-33(2)12-46(3)10-8-18(33)28(37)38)24(36)21(23(34)26(22)47)16-6-7-19(35)27-20(16)17(11-39)30(41)49-27/h4-7,9,14,18,28,47H,8,10,12-13,41H2,1-3H3,(H2,40,42)(H,43,44,45)/t14-,18-,33+/m1/s1. The van der Waals surface area contributed by atoms with Crippen LogP contribution in [0.3, 0.4) is 0 Å². The van der Waals surface area contributed by atoms with Gasteiger partial charge in [0.2, 0.25) is 6.43 Å². The maximum atomic E-state index is 16.9. The van der Waals surface area contributed by atoms with Crippen LogP contribution in [0.15, 0.2) is 30.5 Å². The average Bonchev–Trinajstić information content (AvgIpc) is 3.40. The van der Waals surface area contributed by atoms with Gasteiger partial charge in [-0.1, -0.05) is 30.7 Å². The number of pyridine rings is 1. The quantitative estimate of drug-likeness (QED) is 0.120. The van der Waals surface area contributed by atoms with E-state index in [2.05, 4.69) is 20.3 Å². The summed E-state index contributed by atoms with van der Waals surface area (Å²) in [5.41, 5.74) is 10.7. The van der Waals surface area contributed by atoms with Crippen LogP contribution in [0.1, 0.15) is 37.4 Å². The van der Waals surface area contributed by atoms with Crippen LogP contribution in [0.25, 0.3) is 32.1 Å². The second-order valence-corrected chi connectivity index (χ2v) is 13.9. The fourth-order valence-corrected chi connectivity index (χ4v) is 7.82. The summed E-state index contributed by atoms with van der Waals surface area (Å²) >= 11 is 7.49. The summed E-state index contributed by atoms with van der Waals surface area (Å²) < 4.78 is 66.1. The van der Waals surface area contributed by atoms with E-state index in [1.165, 1.54) is 12.3 Å². The van der Waals surface area contributed by atoms with E-state index < -0.39 is 51.7 Å². The highest BCUT2D eigenvalue weighted by molar-refractivity contribution is 7.23. The van der Waals surface area contributed by atoms with Crippen LogP contribution >= 0.6 is 22.9 Å². The van der Waals surface area contributed by atoms with Crippen LogP contribution in [-0.2, 0) is 0 Å². The van der Waals surface area contributed by atoms with E-state index in [4.69, 9.17) is 27.8 Å². The number of piperidine rings is 1. The van der Waals surface area contributed by atoms with Gasteiger partial charge in [-0.15, -0.1) is 11.3 Å². The lowest BCUT2D eigenvalue weighted by atomic mass is 9.73. The number of hydrogen-bond donors (Lipinski definition) is 4. The molecule has 0 unspecified atom stereocenters. The molecule has 4 heterocycles. The maximum absolute atomic E-state index is 16.9. The third-order valence-corrected chi connectivity index (χ3v) is 10.4.